The first-order valence-corrected chi connectivity index (χ1v) is 6.97. The summed E-state index contributed by atoms with van der Waals surface area (Å²) in [7, 11) is 0. The highest BCUT2D eigenvalue weighted by Gasteiger charge is 2.24. The summed E-state index contributed by atoms with van der Waals surface area (Å²) in [5.74, 6) is 0.867. The predicted molar refractivity (Wildman–Crippen MR) is 82.8 cm³/mol. The van der Waals surface area contributed by atoms with Crippen LogP contribution < -0.4 is 10.1 Å². The Kier molecular flexibility index (Phi) is 6.82. The molecule has 0 aromatic heterocycles. The molecule has 1 fully saturated rings. The van der Waals surface area contributed by atoms with E-state index >= 15 is 0 Å². The van der Waals surface area contributed by atoms with Gasteiger partial charge in [0.1, 0.15) is 5.75 Å². The Hall–Kier alpha value is -1.26. The molecule has 1 N–H and O–H groups in total. The molecular weight excluding hydrogens is 276 g/mol. The lowest BCUT2D eigenvalue weighted by Gasteiger charge is -2.34. The maximum Gasteiger partial charge on any atom is 0.254 e. The minimum Gasteiger partial charge on any atom is -0.494 e. The molecule has 5 heteroatoms. The summed E-state index contributed by atoms with van der Waals surface area (Å²) >= 11 is 0. The van der Waals surface area contributed by atoms with Crippen molar-refractivity contribution in [3.05, 3.63) is 29.8 Å². The average molecular weight is 299 g/mol. The van der Waals surface area contributed by atoms with Gasteiger partial charge in [0.25, 0.3) is 5.91 Å². The fraction of sp³-hybridized carbons (Fsp3) is 0.533. The fourth-order valence-electron chi connectivity index (χ4n) is 2.25. The van der Waals surface area contributed by atoms with Crippen molar-refractivity contribution in [2.45, 2.75) is 26.3 Å². The zero-order valence-corrected chi connectivity index (χ0v) is 12.9. The van der Waals surface area contributed by atoms with E-state index in [0.29, 0.717) is 12.2 Å². The molecule has 0 unspecified atom stereocenters. The van der Waals surface area contributed by atoms with Gasteiger partial charge in [-0.3, -0.25) is 4.79 Å². The lowest BCUT2D eigenvalue weighted by molar-refractivity contribution is 0.0655. The van der Waals surface area contributed by atoms with E-state index in [4.69, 9.17) is 4.74 Å². The number of carbonyl (C=O) groups excluding carboxylic acids is 1. The zero-order valence-electron chi connectivity index (χ0n) is 12.1. The number of halogens is 1. The van der Waals surface area contributed by atoms with Crippen molar-refractivity contribution in [1.82, 2.24) is 10.2 Å². The number of ether oxygens (including phenoxy) is 1. The highest BCUT2D eigenvalue weighted by atomic mass is 35.5. The first-order chi connectivity index (χ1) is 9.22. The maximum absolute atomic E-state index is 12.5. The van der Waals surface area contributed by atoms with Crippen molar-refractivity contribution in [2.75, 3.05) is 26.2 Å². The molecule has 0 saturated carbocycles. The number of benzene rings is 1. The lowest BCUT2D eigenvalue weighted by atomic mass is 10.1. The number of carbonyl (C=O) groups is 1. The van der Waals surface area contributed by atoms with Crippen LogP contribution in [0.2, 0.25) is 0 Å². The van der Waals surface area contributed by atoms with E-state index in [0.717, 1.165) is 31.8 Å². The molecule has 20 heavy (non-hydrogen) atoms. The van der Waals surface area contributed by atoms with E-state index in [1.165, 1.54) is 0 Å². The van der Waals surface area contributed by atoms with Gasteiger partial charge >= 0.3 is 0 Å². The fourth-order valence-corrected chi connectivity index (χ4v) is 2.25. The van der Waals surface area contributed by atoms with Gasteiger partial charge in [0.05, 0.1) is 6.61 Å². The van der Waals surface area contributed by atoms with Crippen molar-refractivity contribution < 1.29 is 9.53 Å². The molecule has 112 valence electrons. The van der Waals surface area contributed by atoms with Crippen LogP contribution in [0.3, 0.4) is 0 Å². The minimum atomic E-state index is 0. The van der Waals surface area contributed by atoms with Gasteiger partial charge in [-0.05, 0) is 31.5 Å². The van der Waals surface area contributed by atoms with Gasteiger partial charge in [0.2, 0.25) is 0 Å². The van der Waals surface area contributed by atoms with E-state index in [-0.39, 0.29) is 24.4 Å². The molecule has 0 aliphatic carbocycles. The zero-order chi connectivity index (χ0) is 13.7. The number of amides is 1. The minimum absolute atomic E-state index is 0. The molecule has 4 nitrogen and oxygen atoms in total. The molecule has 0 bridgehead atoms. The van der Waals surface area contributed by atoms with Gasteiger partial charge in [0, 0.05) is 31.2 Å². The molecule has 1 atom stereocenters. The molecular formula is C15H23ClN2O2. The van der Waals surface area contributed by atoms with Crippen LogP contribution in [0.4, 0.5) is 0 Å². The SMILES string of the molecule is CCCOc1cccc(C(=O)N2CCNC[C@H]2C)c1.Cl. The van der Waals surface area contributed by atoms with Crippen molar-refractivity contribution >= 4 is 18.3 Å². The second kappa shape index (κ2) is 8.12. The van der Waals surface area contributed by atoms with Crippen molar-refractivity contribution in [3.8, 4) is 5.75 Å². The Bertz CT molecular complexity index is 440. The summed E-state index contributed by atoms with van der Waals surface area (Å²) in [6.07, 6.45) is 0.965. The monoisotopic (exact) mass is 298 g/mol. The molecule has 0 spiro atoms. The van der Waals surface area contributed by atoms with Crippen LogP contribution in [0, 0.1) is 0 Å². The number of rotatable bonds is 4. The van der Waals surface area contributed by atoms with Gasteiger partial charge < -0.3 is 15.0 Å². The van der Waals surface area contributed by atoms with Crippen molar-refractivity contribution in [3.63, 3.8) is 0 Å². The van der Waals surface area contributed by atoms with E-state index < -0.39 is 0 Å². The number of nitrogens with zero attached hydrogens (tertiary/aromatic N) is 1. The normalized spacial score (nSPS) is 18.3. The van der Waals surface area contributed by atoms with Crippen molar-refractivity contribution in [2.24, 2.45) is 0 Å². The van der Waals surface area contributed by atoms with Gasteiger partial charge in [-0.2, -0.15) is 0 Å². The summed E-state index contributed by atoms with van der Waals surface area (Å²) < 4.78 is 5.58. The van der Waals surface area contributed by atoms with Gasteiger partial charge in [-0.1, -0.05) is 13.0 Å². The smallest absolute Gasteiger partial charge is 0.254 e. The van der Waals surface area contributed by atoms with E-state index in [1.54, 1.807) is 0 Å². The summed E-state index contributed by atoms with van der Waals surface area (Å²) in [4.78, 5) is 14.4. The Morgan fingerprint density at radius 3 is 3.00 bits per heavy atom. The van der Waals surface area contributed by atoms with Crippen LogP contribution >= 0.6 is 12.4 Å². The molecule has 1 saturated heterocycles. The van der Waals surface area contributed by atoms with E-state index in [2.05, 4.69) is 19.2 Å². The summed E-state index contributed by atoms with van der Waals surface area (Å²) in [5, 5.41) is 3.29. The molecule has 1 aliphatic heterocycles. The molecule has 2 rings (SSSR count). The van der Waals surface area contributed by atoms with Crippen LogP contribution in [-0.4, -0.2) is 43.1 Å². The summed E-state index contributed by atoms with van der Waals surface area (Å²) in [6, 6.07) is 7.71. The number of nitrogens with one attached hydrogen (secondary N) is 1. The van der Waals surface area contributed by atoms with Crippen LogP contribution in [-0.2, 0) is 0 Å². The molecule has 1 aliphatic rings. The molecule has 1 heterocycles. The van der Waals surface area contributed by atoms with E-state index in [9.17, 15) is 4.79 Å². The second-order valence-corrected chi connectivity index (χ2v) is 4.93. The van der Waals surface area contributed by atoms with Crippen LogP contribution in [0.25, 0.3) is 0 Å². The summed E-state index contributed by atoms with van der Waals surface area (Å²) in [5.41, 5.74) is 0.711. The lowest BCUT2D eigenvalue weighted by Crippen LogP contribution is -2.52. The maximum atomic E-state index is 12.5. The number of piperazine rings is 1. The molecule has 1 aromatic rings. The standard InChI is InChI=1S/C15H22N2O2.ClH/c1-3-9-19-14-6-4-5-13(10-14)15(18)17-8-7-16-11-12(17)2;/h4-6,10,12,16H,3,7-9,11H2,1-2H3;1H/t12-;/m1./s1. The van der Waals surface area contributed by atoms with E-state index in [1.807, 2.05) is 29.2 Å². The van der Waals surface area contributed by atoms with Gasteiger partial charge in [-0.25, -0.2) is 0 Å². The molecule has 0 radical (unpaired) electrons. The Morgan fingerprint density at radius 2 is 2.30 bits per heavy atom. The third-order valence-corrected chi connectivity index (χ3v) is 3.32. The first kappa shape index (κ1) is 16.8. The summed E-state index contributed by atoms with van der Waals surface area (Å²) in [6.45, 7) is 7.31. The van der Waals surface area contributed by atoms with Crippen LogP contribution in [0.15, 0.2) is 24.3 Å². The second-order valence-electron chi connectivity index (χ2n) is 4.93. The topological polar surface area (TPSA) is 41.6 Å². The Morgan fingerprint density at radius 1 is 1.50 bits per heavy atom. The third-order valence-electron chi connectivity index (χ3n) is 3.32. The quantitative estimate of drug-likeness (QED) is 0.927. The highest BCUT2D eigenvalue weighted by molar-refractivity contribution is 5.94. The van der Waals surface area contributed by atoms with Gasteiger partial charge in [0.15, 0.2) is 0 Å². The first-order valence-electron chi connectivity index (χ1n) is 6.97. The largest absolute Gasteiger partial charge is 0.494 e. The highest BCUT2D eigenvalue weighted by Crippen LogP contribution is 2.17. The Labute approximate surface area is 126 Å². The predicted octanol–water partition coefficient (Wildman–Crippen LogP) is 2.33. The average Bonchev–Trinajstić information content (AvgIpc) is 2.45. The third kappa shape index (κ3) is 4.12. The van der Waals surface area contributed by atoms with Crippen molar-refractivity contribution in [1.29, 1.82) is 0 Å². The number of hydrogen-bond acceptors (Lipinski definition) is 3. The molecule has 1 amide bonds. The number of hydrogen-bond donors (Lipinski definition) is 1. The molecule has 1 aromatic carbocycles. The van der Waals surface area contributed by atoms with Gasteiger partial charge in [-0.15, -0.1) is 12.4 Å². The van der Waals surface area contributed by atoms with Crippen LogP contribution in [0.5, 0.6) is 5.75 Å². The van der Waals surface area contributed by atoms with Crippen LogP contribution in [0.1, 0.15) is 30.6 Å². The Balaban J connectivity index is 0.00000200.